The zero-order chi connectivity index (χ0) is 29.7. The van der Waals surface area contributed by atoms with Crippen LogP contribution >= 0.6 is 0 Å². The van der Waals surface area contributed by atoms with E-state index in [2.05, 4.69) is 34.6 Å². The second kappa shape index (κ2) is 10.7. The summed E-state index contributed by atoms with van der Waals surface area (Å²) in [5.74, 6) is -2.26. The van der Waals surface area contributed by atoms with Crippen molar-refractivity contribution in [3.8, 4) is 0 Å². The Labute approximate surface area is 244 Å². The van der Waals surface area contributed by atoms with Crippen LogP contribution in [0.2, 0.25) is 0 Å². The van der Waals surface area contributed by atoms with Crippen LogP contribution in [0.4, 0.5) is 0 Å². The summed E-state index contributed by atoms with van der Waals surface area (Å²) in [6.07, 6.45) is 8.26. The first-order valence-electron chi connectivity index (χ1n) is 14.9. The number of carbonyl (C=O) groups is 3. The standard InChI is InChI=1S/C33H45N3O5/c1-7-23(20-37)36-27-30(40)35(32(5,6)21-31(2,3)4)18-12-16-33(27)26(29(36)39)25-24(41-33)15-11-17-34(28(25)38)19-22-13-9-8-10-14-22/h8-16,23-27,37H,7,17-21H2,1-6H3/t23-,24-,25+,26-,27?,33-/m0/s1. The molecule has 2 saturated heterocycles. The highest BCUT2D eigenvalue weighted by Crippen LogP contribution is 2.54. The van der Waals surface area contributed by atoms with E-state index in [-0.39, 0.29) is 29.7 Å². The molecule has 1 N–H and O–H groups in total. The molecule has 222 valence electrons. The Bertz CT molecular complexity index is 1230. The maximum atomic E-state index is 14.7. The van der Waals surface area contributed by atoms with Gasteiger partial charge in [0, 0.05) is 25.2 Å². The second-order valence-corrected chi connectivity index (χ2v) is 13.9. The van der Waals surface area contributed by atoms with Crippen LogP contribution in [0.3, 0.4) is 0 Å². The Morgan fingerprint density at radius 2 is 1.71 bits per heavy atom. The molecule has 41 heavy (non-hydrogen) atoms. The molecule has 0 saturated carbocycles. The summed E-state index contributed by atoms with van der Waals surface area (Å²) in [6, 6.07) is 8.28. The molecule has 5 rings (SSSR count). The Kier molecular flexibility index (Phi) is 7.70. The Hall–Kier alpha value is -2.97. The summed E-state index contributed by atoms with van der Waals surface area (Å²) < 4.78 is 6.77. The van der Waals surface area contributed by atoms with Crippen LogP contribution in [0.1, 0.15) is 59.9 Å². The number of hydrogen-bond donors (Lipinski definition) is 1. The highest BCUT2D eigenvalue weighted by atomic mass is 16.5. The van der Waals surface area contributed by atoms with Gasteiger partial charge < -0.3 is 24.5 Å². The van der Waals surface area contributed by atoms with Gasteiger partial charge in [-0.2, -0.15) is 0 Å². The van der Waals surface area contributed by atoms with Gasteiger partial charge in [0.15, 0.2) is 0 Å². The van der Waals surface area contributed by atoms with E-state index in [1.54, 1.807) is 9.80 Å². The van der Waals surface area contributed by atoms with E-state index in [9.17, 15) is 19.5 Å². The fraction of sp³-hybridized carbons (Fsp3) is 0.606. The SMILES string of the molecule is CC[C@@H](CO)N1C(=O)[C@@H]2[C@@H]3C(=O)N(Cc4ccccc4)CC=C[C@@H]3O[C@@]23C=CCN(C(C)(C)CC(C)(C)C)C(=O)C13. The molecule has 1 unspecified atom stereocenters. The maximum Gasteiger partial charge on any atom is 0.249 e. The van der Waals surface area contributed by atoms with E-state index in [0.717, 1.165) is 12.0 Å². The molecule has 0 aliphatic carbocycles. The van der Waals surface area contributed by atoms with Gasteiger partial charge >= 0.3 is 0 Å². The number of likely N-dealkylation sites (tertiary alicyclic amines) is 1. The van der Waals surface area contributed by atoms with Crippen LogP contribution in [0.5, 0.6) is 0 Å². The van der Waals surface area contributed by atoms with E-state index in [1.807, 2.05) is 66.5 Å². The molecule has 4 heterocycles. The van der Waals surface area contributed by atoms with E-state index in [1.165, 1.54) is 0 Å². The summed E-state index contributed by atoms with van der Waals surface area (Å²) in [7, 11) is 0. The Morgan fingerprint density at radius 3 is 2.34 bits per heavy atom. The smallest absolute Gasteiger partial charge is 0.249 e. The maximum absolute atomic E-state index is 14.7. The second-order valence-electron chi connectivity index (χ2n) is 13.9. The molecule has 1 aromatic carbocycles. The Morgan fingerprint density at radius 1 is 1.00 bits per heavy atom. The van der Waals surface area contributed by atoms with Crippen molar-refractivity contribution in [2.24, 2.45) is 17.3 Å². The van der Waals surface area contributed by atoms with E-state index >= 15 is 0 Å². The first kappa shape index (κ1) is 29.5. The predicted molar refractivity (Wildman–Crippen MR) is 156 cm³/mol. The minimum Gasteiger partial charge on any atom is -0.394 e. The van der Waals surface area contributed by atoms with Crippen LogP contribution in [0, 0.1) is 17.3 Å². The minimum atomic E-state index is -1.30. The van der Waals surface area contributed by atoms with Crippen molar-refractivity contribution in [2.45, 2.75) is 90.3 Å². The van der Waals surface area contributed by atoms with Crippen molar-refractivity contribution in [3.05, 3.63) is 60.2 Å². The molecule has 1 aromatic rings. The predicted octanol–water partition coefficient (Wildman–Crippen LogP) is 3.55. The van der Waals surface area contributed by atoms with E-state index in [4.69, 9.17) is 4.74 Å². The van der Waals surface area contributed by atoms with Crippen LogP contribution in [-0.2, 0) is 25.7 Å². The number of hydrogen-bond acceptors (Lipinski definition) is 5. The number of aliphatic hydroxyl groups is 1. The van der Waals surface area contributed by atoms with Gasteiger partial charge in [-0.1, -0.05) is 82.3 Å². The summed E-state index contributed by atoms with van der Waals surface area (Å²) in [5.41, 5.74) is -0.817. The molecular formula is C33H45N3O5. The molecular weight excluding hydrogens is 518 g/mol. The van der Waals surface area contributed by atoms with Crippen molar-refractivity contribution >= 4 is 17.7 Å². The lowest BCUT2D eigenvalue weighted by Crippen LogP contribution is -2.61. The summed E-state index contributed by atoms with van der Waals surface area (Å²) in [5, 5.41) is 10.4. The third-order valence-corrected chi connectivity index (χ3v) is 9.17. The number of rotatable bonds is 7. The largest absolute Gasteiger partial charge is 0.394 e. The van der Waals surface area contributed by atoms with Crippen molar-refractivity contribution in [1.29, 1.82) is 0 Å². The summed E-state index contributed by atoms with van der Waals surface area (Å²) in [6.45, 7) is 13.4. The molecule has 4 aliphatic heterocycles. The molecule has 4 aliphatic rings. The lowest BCUT2D eigenvalue weighted by molar-refractivity contribution is -0.155. The molecule has 8 heteroatoms. The first-order valence-corrected chi connectivity index (χ1v) is 14.9. The summed E-state index contributed by atoms with van der Waals surface area (Å²) in [4.78, 5) is 48.5. The number of aliphatic hydroxyl groups excluding tert-OH is 1. The average Bonchev–Trinajstić information content (AvgIpc) is 3.21. The first-order chi connectivity index (χ1) is 19.3. The molecule has 0 aromatic heterocycles. The van der Waals surface area contributed by atoms with Crippen LogP contribution < -0.4 is 0 Å². The topological polar surface area (TPSA) is 90.4 Å². The highest BCUT2D eigenvalue weighted by Gasteiger charge is 2.72. The van der Waals surface area contributed by atoms with Crippen molar-refractivity contribution in [3.63, 3.8) is 0 Å². The monoisotopic (exact) mass is 563 g/mol. The van der Waals surface area contributed by atoms with Crippen LogP contribution in [0.25, 0.3) is 0 Å². The van der Waals surface area contributed by atoms with Gasteiger partial charge in [-0.25, -0.2) is 0 Å². The van der Waals surface area contributed by atoms with Crippen LogP contribution in [0.15, 0.2) is 54.6 Å². The molecule has 2 fully saturated rings. The number of ether oxygens (including phenoxy) is 1. The lowest BCUT2D eigenvalue weighted by Gasteiger charge is -2.45. The molecule has 0 radical (unpaired) electrons. The third-order valence-electron chi connectivity index (χ3n) is 9.17. The Balaban J connectivity index is 1.57. The van der Waals surface area contributed by atoms with E-state index in [0.29, 0.717) is 26.1 Å². The quantitative estimate of drug-likeness (QED) is 0.513. The van der Waals surface area contributed by atoms with Crippen molar-refractivity contribution in [1.82, 2.24) is 14.7 Å². The number of benzene rings is 1. The molecule has 6 atom stereocenters. The number of carbonyl (C=O) groups excluding carboxylic acids is 3. The number of amides is 3. The van der Waals surface area contributed by atoms with Gasteiger partial charge in [0.2, 0.25) is 17.7 Å². The van der Waals surface area contributed by atoms with Gasteiger partial charge in [0.1, 0.15) is 11.6 Å². The zero-order valence-corrected chi connectivity index (χ0v) is 25.2. The minimum absolute atomic E-state index is 0.0290. The van der Waals surface area contributed by atoms with Gasteiger partial charge in [0.25, 0.3) is 0 Å². The number of fused-ring (bicyclic) bond motifs is 2. The van der Waals surface area contributed by atoms with Gasteiger partial charge in [-0.05, 0) is 37.7 Å². The van der Waals surface area contributed by atoms with Gasteiger partial charge in [-0.3, -0.25) is 14.4 Å². The number of nitrogens with zero attached hydrogens (tertiary/aromatic N) is 3. The van der Waals surface area contributed by atoms with Gasteiger partial charge in [-0.15, -0.1) is 0 Å². The van der Waals surface area contributed by atoms with Crippen molar-refractivity contribution < 1.29 is 24.2 Å². The lowest BCUT2D eigenvalue weighted by atomic mass is 9.77. The van der Waals surface area contributed by atoms with Crippen molar-refractivity contribution in [2.75, 3.05) is 19.7 Å². The average molecular weight is 564 g/mol. The van der Waals surface area contributed by atoms with E-state index < -0.39 is 41.2 Å². The highest BCUT2D eigenvalue weighted by molar-refractivity contribution is 6.00. The van der Waals surface area contributed by atoms with Gasteiger partial charge in [0.05, 0.1) is 30.6 Å². The summed E-state index contributed by atoms with van der Waals surface area (Å²) >= 11 is 0. The fourth-order valence-corrected chi connectivity index (χ4v) is 7.82. The fourth-order valence-electron chi connectivity index (χ4n) is 7.82. The zero-order valence-electron chi connectivity index (χ0n) is 25.2. The third kappa shape index (κ3) is 5.03. The normalized spacial score (nSPS) is 30.7. The molecule has 8 nitrogen and oxygen atoms in total. The van der Waals surface area contributed by atoms with Crippen LogP contribution in [-0.4, -0.2) is 86.6 Å². The molecule has 1 spiro atoms. The molecule has 0 bridgehead atoms. The molecule has 3 amide bonds.